The Bertz CT molecular complexity index is 493. The summed E-state index contributed by atoms with van der Waals surface area (Å²) in [4.78, 5) is 17.4. The number of rotatable bonds is 4. The van der Waals surface area contributed by atoms with Gasteiger partial charge in [0.25, 0.3) is 0 Å². The highest BCUT2D eigenvalue weighted by atomic mass is 32.1. The molecule has 1 aliphatic heterocycles. The molecule has 122 valence electrons. The number of carbonyl (C=O) groups excluding carboxylic acids is 1. The summed E-state index contributed by atoms with van der Waals surface area (Å²) in [7, 11) is 1.75. The van der Waals surface area contributed by atoms with Crippen LogP contribution in [0.5, 0.6) is 0 Å². The second kappa shape index (κ2) is 7.60. The van der Waals surface area contributed by atoms with Crippen molar-refractivity contribution in [3.05, 3.63) is 21.9 Å². The maximum absolute atomic E-state index is 12.1. The van der Waals surface area contributed by atoms with Crippen molar-refractivity contribution >= 4 is 17.2 Å². The molecule has 1 atom stereocenters. The molecule has 0 aromatic carbocycles. The molecule has 4 heteroatoms. The van der Waals surface area contributed by atoms with Crippen molar-refractivity contribution in [2.24, 2.45) is 0 Å². The Morgan fingerprint density at radius 2 is 1.95 bits per heavy atom. The van der Waals surface area contributed by atoms with Crippen molar-refractivity contribution in [1.29, 1.82) is 0 Å². The van der Waals surface area contributed by atoms with Crippen LogP contribution in [-0.2, 0) is 11.3 Å². The maximum atomic E-state index is 12.1. The lowest BCUT2D eigenvalue weighted by Gasteiger charge is -2.34. The Labute approximate surface area is 138 Å². The van der Waals surface area contributed by atoms with Crippen LogP contribution in [0.4, 0.5) is 0 Å². The second-order valence-corrected chi connectivity index (χ2v) is 7.94. The van der Waals surface area contributed by atoms with E-state index in [0.29, 0.717) is 0 Å². The number of hydrogen-bond acceptors (Lipinski definition) is 3. The fourth-order valence-electron chi connectivity index (χ4n) is 3.93. The lowest BCUT2D eigenvalue weighted by molar-refractivity contribution is -0.127. The van der Waals surface area contributed by atoms with Crippen molar-refractivity contribution in [3.8, 4) is 0 Å². The molecule has 2 heterocycles. The summed E-state index contributed by atoms with van der Waals surface area (Å²) in [5.41, 5.74) is 0. The van der Waals surface area contributed by atoms with E-state index >= 15 is 0 Å². The average Bonchev–Trinajstić information content (AvgIpc) is 3.04. The van der Waals surface area contributed by atoms with E-state index in [9.17, 15) is 4.79 Å². The second-order valence-electron chi connectivity index (χ2n) is 6.74. The molecule has 1 N–H and O–H groups in total. The minimum Gasteiger partial charge on any atom is -0.358 e. The molecule has 0 unspecified atom stereocenters. The minimum atomic E-state index is 0.0685. The normalized spacial score (nSPS) is 24.3. The van der Waals surface area contributed by atoms with Crippen LogP contribution in [0.1, 0.15) is 67.0 Å². The van der Waals surface area contributed by atoms with Crippen molar-refractivity contribution in [2.45, 2.75) is 69.9 Å². The van der Waals surface area contributed by atoms with Crippen LogP contribution in [0.15, 0.2) is 12.1 Å². The highest BCUT2D eigenvalue weighted by Crippen LogP contribution is 2.36. The van der Waals surface area contributed by atoms with E-state index in [-0.39, 0.29) is 11.9 Å². The van der Waals surface area contributed by atoms with Crippen LogP contribution in [0, 0.1) is 0 Å². The maximum Gasteiger partial charge on any atom is 0.237 e. The number of likely N-dealkylation sites (N-methyl/N-ethyl adjacent to an activating group) is 1. The number of thiophene rings is 1. The Balaban J connectivity index is 1.64. The van der Waals surface area contributed by atoms with E-state index in [0.717, 1.165) is 25.4 Å². The van der Waals surface area contributed by atoms with Gasteiger partial charge in [0.1, 0.15) is 0 Å². The molecular weight excluding hydrogens is 292 g/mol. The summed E-state index contributed by atoms with van der Waals surface area (Å²) < 4.78 is 0. The average molecular weight is 321 g/mol. The van der Waals surface area contributed by atoms with Crippen molar-refractivity contribution in [1.82, 2.24) is 10.2 Å². The van der Waals surface area contributed by atoms with E-state index in [4.69, 9.17) is 0 Å². The molecule has 0 radical (unpaired) electrons. The van der Waals surface area contributed by atoms with Gasteiger partial charge in [0.2, 0.25) is 5.91 Å². The summed E-state index contributed by atoms with van der Waals surface area (Å²) in [6.45, 7) is 1.99. The third kappa shape index (κ3) is 3.72. The summed E-state index contributed by atoms with van der Waals surface area (Å²) in [5, 5.41) is 2.83. The number of nitrogens with zero attached hydrogens (tertiary/aromatic N) is 1. The van der Waals surface area contributed by atoms with Gasteiger partial charge in [-0.3, -0.25) is 9.69 Å². The smallest absolute Gasteiger partial charge is 0.237 e. The molecule has 1 aliphatic carbocycles. The van der Waals surface area contributed by atoms with Gasteiger partial charge in [0.15, 0.2) is 0 Å². The highest BCUT2D eigenvalue weighted by Gasteiger charge is 2.28. The van der Waals surface area contributed by atoms with Gasteiger partial charge in [-0.1, -0.05) is 25.7 Å². The fraction of sp³-hybridized carbons (Fsp3) is 0.722. The first kappa shape index (κ1) is 16.0. The van der Waals surface area contributed by atoms with Gasteiger partial charge in [-0.05, 0) is 50.3 Å². The van der Waals surface area contributed by atoms with Gasteiger partial charge in [0.05, 0.1) is 6.04 Å². The first-order valence-electron chi connectivity index (χ1n) is 8.82. The SMILES string of the molecule is CNC(=O)[C@@H]1CCCCN1Cc1ccc(C2CCCCC2)s1. The zero-order valence-electron chi connectivity index (χ0n) is 13.6. The summed E-state index contributed by atoms with van der Waals surface area (Å²) in [5.74, 6) is 0.979. The van der Waals surface area contributed by atoms with E-state index in [1.54, 1.807) is 11.9 Å². The van der Waals surface area contributed by atoms with Crippen molar-refractivity contribution in [3.63, 3.8) is 0 Å². The zero-order chi connectivity index (χ0) is 15.4. The molecule has 0 spiro atoms. The first-order chi connectivity index (χ1) is 10.8. The molecule has 1 aromatic rings. The zero-order valence-corrected chi connectivity index (χ0v) is 14.5. The number of piperidine rings is 1. The molecule has 2 fully saturated rings. The molecule has 1 amide bonds. The van der Waals surface area contributed by atoms with E-state index < -0.39 is 0 Å². The van der Waals surface area contributed by atoms with Crippen LogP contribution >= 0.6 is 11.3 Å². The van der Waals surface area contributed by atoms with Crippen LogP contribution in [-0.4, -0.2) is 30.4 Å². The van der Waals surface area contributed by atoms with Crippen molar-refractivity contribution < 1.29 is 4.79 Å². The number of amides is 1. The number of nitrogens with one attached hydrogen (secondary N) is 1. The Morgan fingerprint density at radius 3 is 2.73 bits per heavy atom. The Hall–Kier alpha value is -0.870. The van der Waals surface area contributed by atoms with Gasteiger partial charge in [-0.15, -0.1) is 11.3 Å². The van der Waals surface area contributed by atoms with E-state index in [1.165, 1.54) is 49.8 Å². The summed E-state index contributed by atoms with van der Waals surface area (Å²) in [6.07, 6.45) is 10.3. The lowest BCUT2D eigenvalue weighted by Crippen LogP contribution is -2.48. The molecular formula is C18H28N2OS. The predicted molar refractivity (Wildman–Crippen MR) is 92.3 cm³/mol. The third-order valence-corrected chi connectivity index (χ3v) is 6.44. The summed E-state index contributed by atoms with van der Waals surface area (Å²) >= 11 is 1.98. The van der Waals surface area contributed by atoms with Gasteiger partial charge < -0.3 is 5.32 Å². The standard InChI is InChI=1S/C18H28N2OS/c1-19-18(21)16-9-5-6-12-20(16)13-15-10-11-17(22-15)14-7-3-2-4-8-14/h10-11,14,16H,2-9,12-13H2,1H3,(H,19,21)/t16-/m0/s1. The lowest BCUT2D eigenvalue weighted by atomic mass is 9.88. The van der Waals surface area contributed by atoms with Gasteiger partial charge in [-0.2, -0.15) is 0 Å². The molecule has 0 bridgehead atoms. The molecule has 2 aliphatic rings. The molecule has 1 aromatic heterocycles. The number of likely N-dealkylation sites (tertiary alicyclic amines) is 1. The molecule has 3 nitrogen and oxygen atoms in total. The molecule has 22 heavy (non-hydrogen) atoms. The first-order valence-corrected chi connectivity index (χ1v) is 9.64. The van der Waals surface area contributed by atoms with E-state index in [1.807, 2.05) is 11.3 Å². The number of carbonyl (C=O) groups is 1. The highest BCUT2D eigenvalue weighted by molar-refractivity contribution is 7.12. The predicted octanol–water partition coefficient (Wildman–Crippen LogP) is 3.90. The topological polar surface area (TPSA) is 32.3 Å². The molecule has 1 saturated carbocycles. The van der Waals surface area contributed by atoms with Crippen LogP contribution in [0.25, 0.3) is 0 Å². The third-order valence-electron chi connectivity index (χ3n) is 5.21. The van der Waals surface area contributed by atoms with Crippen LogP contribution < -0.4 is 5.32 Å². The molecule has 1 saturated heterocycles. The van der Waals surface area contributed by atoms with Crippen molar-refractivity contribution in [2.75, 3.05) is 13.6 Å². The van der Waals surface area contributed by atoms with Gasteiger partial charge in [-0.25, -0.2) is 0 Å². The monoisotopic (exact) mass is 320 g/mol. The fourth-order valence-corrected chi connectivity index (χ4v) is 5.14. The van der Waals surface area contributed by atoms with Gasteiger partial charge in [0, 0.05) is 23.3 Å². The molecule has 3 rings (SSSR count). The minimum absolute atomic E-state index is 0.0685. The largest absolute Gasteiger partial charge is 0.358 e. The van der Waals surface area contributed by atoms with Crippen LogP contribution in [0.3, 0.4) is 0 Å². The van der Waals surface area contributed by atoms with E-state index in [2.05, 4.69) is 22.3 Å². The Morgan fingerprint density at radius 1 is 1.18 bits per heavy atom. The quantitative estimate of drug-likeness (QED) is 0.912. The number of hydrogen-bond donors (Lipinski definition) is 1. The Kier molecular flexibility index (Phi) is 5.53. The van der Waals surface area contributed by atoms with Crippen LogP contribution in [0.2, 0.25) is 0 Å². The summed E-state index contributed by atoms with van der Waals surface area (Å²) in [6, 6.07) is 4.71. The van der Waals surface area contributed by atoms with Gasteiger partial charge >= 0.3 is 0 Å².